The summed E-state index contributed by atoms with van der Waals surface area (Å²) in [6.45, 7) is 5.34. The number of hydrogen-bond donors (Lipinski definition) is 1. The summed E-state index contributed by atoms with van der Waals surface area (Å²) in [6, 6.07) is 7.11. The van der Waals surface area contributed by atoms with Crippen LogP contribution in [0.25, 0.3) is 10.6 Å². The van der Waals surface area contributed by atoms with E-state index in [0.29, 0.717) is 27.6 Å². The lowest BCUT2D eigenvalue weighted by Crippen LogP contribution is -2.17. The summed E-state index contributed by atoms with van der Waals surface area (Å²) >= 11 is 1.09. The van der Waals surface area contributed by atoms with Crippen LogP contribution in [0.4, 0.5) is 13.2 Å². The quantitative estimate of drug-likeness (QED) is 0.731. The number of rotatable bonds is 6. The Balaban J connectivity index is 2.19. The molecule has 1 heterocycles. The number of halogens is 3. The van der Waals surface area contributed by atoms with Crippen molar-refractivity contribution in [1.82, 2.24) is 10.3 Å². The number of alkyl halides is 3. The van der Waals surface area contributed by atoms with Gasteiger partial charge in [0.2, 0.25) is 0 Å². The fraction of sp³-hybridized carbons (Fsp3) is 0.316. The van der Waals surface area contributed by atoms with E-state index in [-0.39, 0.29) is 11.0 Å². The third-order valence-corrected chi connectivity index (χ3v) is 4.60. The van der Waals surface area contributed by atoms with Gasteiger partial charge in [-0.05, 0) is 39.0 Å². The van der Waals surface area contributed by atoms with Crippen molar-refractivity contribution in [2.45, 2.75) is 39.5 Å². The smallest absolute Gasteiger partial charge is 0.392 e. The van der Waals surface area contributed by atoms with E-state index in [1.54, 1.807) is 25.1 Å². The van der Waals surface area contributed by atoms with Gasteiger partial charge in [0.05, 0.1) is 23.8 Å². The van der Waals surface area contributed by atoms with Gasteiger partial charge in [-0.1, -0.05) is 6.08 Å². The Morgan fingerprint density at radius 3 is 2.75 bits per heavy atom. The molecule has 0 spiro atoms. The van der Waals surface area contributed by atoms with Gasteiger partial charge in [-0.25, -0.2) is 4.98 Å². The fourth-order valence-corrected chi connectivity index (χ4v) is 3.20. The molecule has 2 aromatic rings. The van der Waals surface area contributed by atoms with Crippen LogP contribution in [0, 0.1) is 18.3 Å². The molecule has 0 saturated carbocycles. The topological polar surface area (TPSA) is 75.0 Å². The first kappa shape index (κ1) is 21.4. The number of ether oxygens (including phenoxy) is 1. The molecular formula is C19H18F3N3O2S. The summed E-state index contributed by atoms with van der Waals surface area (Å²) in [5, 5.41) is 12.2. The maximum Gasteiger partial charge on any atom is 0.392 e. The summed E-state index contributed by atoms with van der Waals surface area (Å²) in [5.41, 5.74) is 1.44. The zero-order valence-corrected chi connectivity index (χ0v) is 16.2. The van der Waals surface area contributed by atoms with Crippen LogP contribution in [0.15, 0.2) is 30.5 Å². The van der Waals surface area contributed by atoms with E-state index in [1.807, 2.05) is 13.8 Å². The molecule has 5 nitrogen and oxygen atoms in total. The van der Waals surface area contributed by atoms with Gasteiger partial charge < -0.3 is 10.1 Å². The van der Waals surface area contributed by atoms with Gasteiger partial charge in [0.1, 0.15) is 21.7 Å². The first-order valence-corrected chi connectivity index (χ1v) is 9.13. The zero-order chi connectivity index (χ0) is 20.9. The number of nitriles is 1. The highest BCUT2D eigenvalue weighted by atomic mass is 32.1. The maximum atomic E-state index is 12.2. The first-order valence-electron chi connectivity index (χ1n) is 8.32. The monoisotopic (exact) mass is 409 g/mol. The number of aromatic nitrogens is 1. The molecule has 1 amide bonds. The zero-order valence-electron chi connectivity index (χ0n) is 15.4. The van der Waals surface area contributed by atoms with E-state index in [1.165, 1.54) is 0 Å². The lowest BCUT2D eigenvalue weighted by Gasteiger charge is -2.11. The molecule has 1 N–H and O–H groups in total. The van der Waals surface area contributed by atoms with E-state index in [0.717, 1.165) is 23.6 Å². The second kappa shape index (κ2) is 8.89. The molecule has 9 heteroatoms. The van der Waals surface area contributed by atoms with Crippen molar-refractivity contribution in [2.24, 2.45) is 0 Å². The predicted octanol–water partition coefficient (Wildman–Crippen LogP) is 4.97. The maximum absolute atomic E-state index is 12.2. The number of hydrogen-bond acceptors (Lipinski definition) is 5. The van der Waals surface area contributed by atoms with Crippen LogP contribution in [-0.4, -0.2) is 23.2 Å². The molecule has 2 rings (SSSR count). The molecule has 0 aliphatic heterocycles. The SMILES string of the molecule is Cc1nc(-c2ccc(OC(C)C)c(C#N)c2)sc1C(=O)N/C=C\CC(F)(F)F. The lowest BCUT2D eigenvalue weighted by molar-refractivity contribution is -0.125. The van der Waals surface area contributed by atoms with Crippen LogP contribution < -0.4 is 10.1 Å². The average molecular weight is 409 g/mol. The van der Waals surface area contributed by atoms with Gasteiger partial charge in [-0.2, -0.15) is 18.4 Å². The standard InChI is InChI=1S/C19H18F3N3O2S/c1-11(2)27-15-6-5-13(9-14(15)10-23)18-25-12(3)16(28-18)17(26)24-8-4-7-19(20,21)22/h4-6,8-9,11H,7H2,1-3H3,(H,24,26)/b8-4-. The van der Waals surface area contributed by atoms with Crippen LogP contribution in [0.3, 0.4) is 0 Å². The third-order valence-electron chi connectivity index (χ3n) is 3.39. The van der Waals surface area contributed by atoms with Crippen molar-refractivity contribution >= 4 is 17.2 Å². The Hall–Kier alpha value is -2.86. The number of aryl methyl sites for hydroxylation is 1. The van der Waals surface area contributed by atoms with Crippen molar-refractivity contribution in [3.05, 3.63) is 46.6 Å². The van der Waals surface area contributed by atoms with E-state index in [4.69, 9.17) is 4.74 Å². The Labute approximate surface area is 164 Å². The molecule has 0 aliphatic carbocycles. The highest BCUT2D eigenvalue weighted by Crippen LogP contribution is 2.31. The van der Waals surface area contributed by atoms with Gasteiger partial charge in [-0.15, -0.1) is 11.3 Å². The first-order chi connectivity index (χ1) is 13.1. The van der Waals surface area contributed by atoms with Gasteiger partial charge in [0, 0.05) is 11.8 Å². The van der Waals surface area contributed by atoms with Crippen molar-refractivity contribution in [2.75, 3.05) is 0 Å². The summed E-state index contributed by atoms with van der Waals surface area (Å²) in [5.74, 6) is -0.0813. The van der Waals surface area contributed by atoms with Crippen LogP contribution in [0.5, 0.6) is 5.75 Å². The molecule has 0 unspecified atom stereocenters. The van der Waals surface area contributed by atoms with E-state index >= 15 is 0 Å². The van der Waals surface area contributed by atoms with Gasteiger partial charge >= 0.3 is 6.18 Å². The minimum Gasteiger partial charge on any atom is -0.490 e. The Kier molecular flexibility index (Phi) is 6.80. The van der Waals surface area contributed by atoms with Crippen molar-refractivity contribution in [3.63, 3.8) is 0 Å². The van der Waals surface area contributed by atoms with Gasteiger partial charge in [-0.3, -0.25) is 4.79 Å². The molecule has 0 aliphatic rings. The average Bonchev–Trinajstić information content (AvgIpc) is 2.99. The molecule has 1 aromatic carbocycles. The number of nitrogens with one attached hydrogen (secondary N) is 1. The van der Waals surface area contributed by atoms with Crippen LogP contribution in [0.2, 0.25) is 0 Å². The molecule has 0 saturated heterocycles. The number of amides is 1. The van der Waals surface area contributed by atoms with Gasteiger partial charge in [0.15, 0.2) is 0 Å². The van der Waals surface area contributed by atoms with Gasteiger partial charge in [0.25, 0.3) is 5.91 Å². The highest BCUT2D eigenvalue weighted by molar-refractivity contribution is 7.17. The summed E-state index contributed by atoms with van der Waals surface area (Å²) < 4.78 is 41.9. The summed E-state index contributed by atoms with van der Waals surface area (Å²) in [7, 11) is 0. The Bertz CT molecular complexity index is 927. The number of carbonyl (C=O) groups excluding carboxylic acids is 1. The second-order valence-corrected chi connectivity index (χ2v) is 7.12. The number of nitrogens with zero attached hydrogens (tertiary/aromatic N) is 2. The molecule has 0 bridgehead atoms. The van der Waals surface area contributed by atoms with Crippen LogP contribution in [0.1, 0.15) is 41.2 Å². The largest absolute Gasteiger partial charge is 0.490 e. The second-order valence-electron chi connectivity index (χ2n) is 6.12. The minimum atomic E-state index is -4.32. The predicted molar refractivity (Wildman–Crippen MR) is 100 cm³/mol. The summed E-state index contributed by atoms with van der Waals surface area (Å²) in [6.07, 6.45) is -3.72. The molecule has 148 valence electrons. The number of carbonyl (C=O) groups is 1. The fourth-order valence-electron chi connectivity index (χ4n) is 2.23. The van der Waals surface area contributed by atoms with E-state index < -0.39 is 18.5 Å². The van der Waals surface area contributed by atoms with Crippen molar-refractivity contribution in [1.29, 1.82) is 5.26 Å². The molecular weight excluding hydrogens is 391 g/mol. The molecule has 1 aromatic heterocycles. The molecule has 0 atom stereocenters. The Morgan fingerprint density at radius 1 is 1.43 bits per heavy atom. The van der Waals surface area contributed by atoms with Crippen molar-refractivity contribution in [3.8, 4) is 22.4 Å². The van der Waals surface area contributed by atoms with Crippen LogP contribution >= 0.6 is 11.3 Å². The highest BCUT2D eigenvalue weighted by Gasteiger charge is 2.24. The summed E-state index contributed by atoms with van der Waals surface area (Å²) in [4.78, 5) is 16.8. The molecule has 28 heavy (non-hydrogen) atoms. The third kappa shape index (κ3) is 5.82. The molecule has 0 fully saturated rings. The number of thiazole rings is 1. The van der Waals surface area contributed by atoms with Crippen molar-refractivity contribution < 1.29 is 22.7 Å². The lowest BCUT2D eigenvalue weighted by atomic mass is 10.1. The number of benzene rings is 1. The van der Waals surface area contributed by atoms with Crippen LogP contribution in [-0.2, 0) is 0 Å². The molecule has 0 radical (unpaired) electrons. The van der Waals surface area contributed by atoms with E-state index in [2.05, 4.69) is 16.4 Å². The van der Waals surface area contributed by atoms with E-state index in [9.17, 15) is 23.2 Å². The normalized spacial score (nSPS) is 11.6. The number of allylic oxidation sites excluding steroid dienone is 1. The Morgan fingerprint density at radius 2 is 2.14 bits per heavy atom. The minimum absolute atomic E-state index is 0.0826.